The number of thioether (sulfide) groups is 1. The van der Waals surface area contributed by atoms with Gasteiger partial charge in [0, 0.05) is 5.25 Å². The van der Waals surface area contributed by atoms with Crippen LogP contribution in [0.5, 0.6) is 0 Å². The van der Waals surface area contributed by atoms with Crippen LogP contribution in [-0.4, -0.2) is 17.0 Å². The van der Waals surface area contributed by atoms with Gasteiger partial charge in [0.2, 0.25) is 0 Å². The predicted octanol–water partition coefficient (Wildman–Crippen LogP) is 4.53. The van der Waals surface area contributed by atoms with E-state index < -0.39 is 0 Å². The van der Waals surface area contributed by atoms with E-state index in [9.17, 15) is 0 Å². The van der Waals surface area contributed by atoms with Crippen LogP contribution in [0.4, 0.5) is 5.69 Å². The summed E-state index contributed by atoms with van der Waals surface area (Å²) in [6.07, 6.45) is 1.12. The maximum atomic E-state index is 8.93. The number of nitriles is 1. The standard InChI is InChI=1S/C15H18ClN3S/c1-15(2,3)7-11-9-18-14(20-11)19-13-6-10(8-17)4-5-12(13)16/h4-6,11H,7,9H2,1-3H3,(H,18,19). The molecule has 1 aromatic rings. The normalized spacial score (nSPS) is 18.6. The van der Waals surface area contributed by atoms with E-state index in [2.05, 4.69) is 37.1 Å². The Morgan fingerprint density at radius 2 is 2.25 bits per heavy atom. The first-order valence-electron chi connectivity index (χ1n) is 6.55. The van der Waals surface area contributed by atoms with Crippen molar-refractivity contribution in [3.63, 3.8) is 0 Å². The van der Waals surface area contributed by atoms with Gasteiger partial charge < -0.3 is 5.32 Å². The number of rotatable bonds is 2. The molecular formula is C15H18ClN3S. The predicted molar refractivity (Wildman–Crippen MR) is 87.5 cm³/mol. The third kappa shape index (κ3) is 4.16. The van der Waals surface area contributed by atoms with Gasteiger partial charge in [-0.2, -0.15) is 5.26 Å². The van der Waals surface area contributed by atoms with E-state index in [1.165, 1.54) is 0 Å². The average molecular weight is 308 g/mol. The summed E-state index contributed by atoms with van der Waals surface area (Å²) in [5.41, 5.74) is 1.64. The molecule has 1 aromatic carbocycles. The molecule has 20 heavy (non-hydrogen) atoms. The molecule has 0 aromatic heterocycles. The molecule has 2 rings (SSSR count). The highest BCUT2D eigenvalue weighted by atomic mass is 35.5. The SMILES string of the molecule is CC(C)(C)CC1CN=C(Nc2cc(C#N)ccc2Cl)S1. The lowest BCUT2D eigenvalue weighted by atomic mass is 9.90. The minimum absolute atomic E-state index is 0.307. The van der Waals surface area contributed by atoms with Crippen LogP contribution >= 0.6 is 23.4 Å². The molecule has 1 aliphatic rings. The maximum Gasteiger partial charge on any atom is 0.161 e. The highest BCUT2D eigenvalue weighted by Gasteiger charge is 2.25. The molecule has 1 atom stereocenters. The van der Waals surface area contributed by atoms with Crippen molar-refractivity contribution in [3.8, 4) is 6.07 Å². The van der Waals surface area contributed by atoms with Gasteiger partial charge in [-0.25, -0.2) is 0 Å². The highest BCUT2D eigenvalue weighted by molar-refractivity contribution is 8.15. The van der Waals surface area contributed by atoms with E-state index in [4.69, 9.17) is 16.9 Å². The fourth-order valence-electron chi connectivity index (χ4n) is 2.08. The van der Waals surface area contributed by atoms with Gasteiger partial charge >= 0.3 is 0 Å². The monoisotopic (exact) mass is 307 g/mol. The van der Waals surface area contributed by atoms with Crippen molar-refractivity contribution in [2.75, 3.05) is 11.9 Å². The number of nitrogens with zero attached hydrogens (tertiary/aromatic N) is 2. The van der Waals surface area contributed by atoms with Gasteiger partial charge in [0.15, 0.2) is 5.17 Å². The first kappa shape index (κ1) is 15.2. The number of nitrogens with one attached hydrogen (secondary N) is 1. The molecule has 1 aliphatic heterocycles. The lowest BCUT2D eigenvalue weighted by molar-refractivity contribution is 0.375. The van der Waals surface area contributed by atoms with E-state index in [-0.39, 0.29) is 0 Å². The second kappa shape index (κ2) is 6.07. The van der Waals surface area contributed by atoms with Crippen molar-refractivity contribution < 1.29 is 0 Å². The molecule has 1 unspecified atom stereocenters. The molecule has 0 fully saturated rings. The van der Waals surface area contributed by atoms with Crippen molar-refractivity contribution in [2.24, 2.45) is 10.4 Å². The number of hydrogen-bond acceptors (Lipinski definition) is 4. The van der Waals surface area contributed by atoms with Gasteiger partial charge in [-0.05, 0) is 30.0 Å². The van der Waals surface area contributed by atoms with Crippen LogP contribution in [0, 0.1) is 16.7 Å². The molecular weight excluding hydrogens is 290 g/mol. The van der Waals surface area contributed by atoms with Crippen molar-refractivity contribution in [1.82, 2.24) is 0 Å². The van der Waals surface area contributed by atoms with Crippen molar-refractivity contribution in [3.05, 3.63) is 28.8 Å². The van der Waals surface area contributed by atoms with Crippen LogP contribution < -0.4 is 5.32 Å². The Morgan fingerprint density at radius 1 is 1.50 bits per heavy atom. The average Bonchev–Trinajstić information content (AvgIpc) is 2.77. The Labute approximate surface area is 129 Å². The van der Waals surface area contributed by atoms with Crippen LogP contribution in [-0.2, 0) is 0 Å². The minimum atomic E-state index is 0.307. The molecule has 5 heteroatoms. The van der Waals surface area contributed by atoms with E-state index in [0.29, 0.717) is 21.3 Å². The fraction of sp³-hybridized carbons (Fsp3) is 0.467. The number of amidine groups is 1. The Bertz CT molecular complexity index is 569. The number of hydrogen-bond donors (Lipinski definition) is 1. The summed E-state index contributed by atoms with van der Waals surface area (Å²) < 4.78 is 0. The summed E-state index contributed by atoms with van der Waals surface area (Å²) in [4.78, 5) is 4.52. The number of halogens is 1. The molecule has 0 aliphatic carbocycles. The second-order valence-corrected chi connectivity index (χ2v) is 7.78. The zero-order chi connectivity index (χ0) is 14.8. The Morgan fingerprint density at radius 3 is 2.90 bits per heavy atom. The van der Waals surface area contributed by atoms with Crippen LogP contribution in [0.3, 0.4) is 0 Å². The molecule has 0 amide bonds. The zero-order valence-corrected chi connectivity index (χ0v) is 13.5. The Balaban J connectivity index is 2.01. The second-order valence-electron chi connectivity index (χ2n) is 6.08. The largest absolute Gasteiger partial charge is 0.334 e. The molecule has 0 spiro atoms. The fourth-order valence-corrected chi connectivity index (χ4v) is 3.61. The summed E-state index contributed by atoms with van der Waals surface area (Å²) in [6.45, 7) is 7.56. The van der Waals surface area contributed by atoms with Gasteiger partial charge in [0.05, 0.1) is 28.9 Å². The maximum absolute atomic E-state index is 8.93. The van der Waals surface area contributed by atoms with Crippen LogP contribution in [0.25, 0.3) is 0 Å². The van der Waals surface area contributed by atoms with Gasteiger partial charge in [0.25, 0.3) is 0 Å². The quantitative estimate of drug-likeness (QED) is 0.873. The van der Waals surface area contributed by atoms with E-state index in [1.807, 2.05) is 0 Å². The van der Waals surface area contributed by atoms with E-state index in [0.717, 1.165) is 23.8 Å². The summed E-state index contributed by atoms with van der Waals surface area (Å²) in [5, 5.41) is 14.2. The Hall–Kier alpha value is -1.18. The molecule has 0 bridgehead atoms. The van der Waals surface area contributed by atoms with Crippen molar-refractivity contribution >= 4 is 34.2 Å². The van der Waals surface area contributed by atoms with E-state index >= 15 is 0 Å². The number of benzene rings is 1. The van der Waals surface area contributed by atoms with Crippen molar-refractivity contribution in [2.45, 2.75) is 32.4 Å². The molecule has 1 N–H and O–H groups in total. The van der Waals surface area contributed by atoms with Gasteiger partial charge in [-0.15, -0.1) is 0 Å². The lowest BCUT2D eigenvalue weighted by Crippen LogP contribution is -2.16. The topological polar surface area (TPSA) is 48.2 Å². The number of anilines is 1. The van der Waals surface area contributed by atoms with Gasteiger partial charge in [-0.3, -0.25) is 4.99 Å². The van der Waals surface area contributed by atoms with Gasteiger partial charge in [0.1, 0.15) is 0 Å². The summed E-state index contributed by atoms with van der Waals surface area (Å²) in [6, 6.07) is 7.31. The third-order valence-electron chi connectivity index (χ3n) is 2.89. The summed E-state index contributed by atoms with van der Waals surface area (Å²) in [5.74, 6) is 0. The molecule has 0 saturated heterocycles. The molecule has 3 nitrogen and oxygen atoms in total. The lowest BCUT2D eigenvalue weighted by Gasteiger charge is -2.21. The molecule has 106 valence electrons. The third-order valence-corrected chi connectivity index (χ3v) is 4.33. The molecule has 0 radical (unpaired) electrons. The summed E-state index contributed by atoms with van der Waals surface area (Å²) in [7, 11) is 0. The highest BCUT2D eigenvalue weighted by Crippen LogP contribution is 2.33. The zero-order valence-electron chi connectivity index (χ0n) is 11.9. The number of aliphatic imine (C=N–C) groups is 1. The first-order valence-corrected chi connectivity index (χ1v) is 7.81. The van der Waals surface area contributed by atoms with Gasteiger partial charge in [-0.1, -0.05) is 44.1 Å². The summed E-state index contributed by atoms with van der Waals surface area (Å²) >= 11 is 7.89. The smallest absolute Gasteiger partial charge is 0.161 e. The first-order chi connectivity index (χ1) is 9.37. The van der Waals surface area contributed by atoms with Crippen molar-refractivity contribution in [1.29, 1.82) is 5.26 Å². The van der Waals surface area contributed by atoms with Crippen LogP contribution in [0.15, 0.2) is 23.2 Å². The van der Waals surface area contributed by atoms with Crippen LogP contribution in [0.1, 0.15) is 32.8 Å². The van der Waals surface area contributed by atoms with E-state index in [1.54, 1.807) is 30.0 Å². The molecule has 0 saturated carbocycles. The minimum Gasteiger partial charge on any atom is -0.334 e. The molecule has 1 heterocycles. The van der Waals surface area contributed by atoms with Crippen LogP contribution in [0.2, 0.25) is 5.02 Å². The Kier molecular flexibility index (Phi) is 4.62.